The first-order chi connectivity index (χ1) is 16.4. The lowest BCUT2D eigenvalue weighted by atomic mass is 9.98. The summed E-state index contributed by atoms with van der Waals surface area (Å²) < 4.78 is 10.7. The summed E-state index contributed by atoms with van der Waals surface area (Å²) in [6.45, 7) is 3.96. The van der Waals surface area contributed by atoms with E-state index in [9.17, 15) is 19.5 Å². The van der Waals surface area contributed by atoms with Gasteiger partial charge in [-0.25, -0.2) is 9.59 Å². The number of benzene rings is 2. The van der Waals surface area contributed by atoms with Crippen LogP contribution in [-0.2, 0) is 19.1 Å². The topological polar surface area (TPSA) is 114 Å². The molecular formula is C26H32N2O6. The van der Waals surface area contributed by atoms with E-state index in [1.54, 1.807) is 6.92 Å². The number of amides is 2. The van der Waals surface area contributed by atoms with Gasteiger partial charge in [-0.2, -0.15) is 0 Å². The maximum absolute atomic E-state index is 12.5. The Balaban J connectivity index is 1.50. The molecule has 8 heteroatoms. The van der Waals surface area contributed by atoms with E-state index >= 15 is 0 Å². The van der Waals surface area contributed by atoms with Crippen molar-refractivity contribution in [3.8, 4) is 11.1 Å². The highest BCUT2D eigenvalue weighted by Gasteiger charge is 2.30. The number of methoxy groups -OCH3 is 1. The van der Waals surface area contributed by atoms with Gasteiger partial charge in [0, 0.05) is 26.0 Å². The van der Waals surface area contributed by atoms with Crippen LogP contribution in [0.4, 0.5) is 4.79 Å². The van der Waals surface area contributed by atoms with Gasteiger partial charge in [0.1, 0.15) is 18.8 Å². The smallest absolute Gasteiger partial charge is 0.407 e. The fraction of sp³-hybridized carbons (Fsp3) is 0.423. The number of nitrogens with one attached hydrogen (secondary N) is 2. The number of hydrogen-bond donors (Lipinski definition) is 3. The van der Waals surface area contributed by atoms with Crippen LogP contribution in [0, 0.1) is 5.92 Å². The first-order valence-corrected chi connectivity index (χ1v) is 11.5. The molecule has 0 saturated carbocycles. The van der Waals surface area contributed by atoms with Crippen LogP contribution in [0.3, 0.4) is 0 Å². The molecule has 0 heterocycles. The fourth-order valence-electron chi connectivity index (χ4n) is 4.24. The molecule has 8 nitrogen and oxygen atoms in total. The average Bonchev–Trinajstić information content (AvgIpc) is 3.16. The van der Waals surface area contributed by atoms with Crippen LogP contribution in [0.1, 0.15) is 43.7 Å². The van der Waals surface area contributed by atoms with E-state index < -0.39 is 30.1 Å². The summed E-state index contributed by atoms with van der Waals surface area (Å²) in [5.74, 6) is -1.87. The molecule has 2 amide bonds. The first kappa shape index (κ1) is 25.2. The average molecular weight is 469 g/mol. The van der Waals surface area contributed by atoms with Gasteiger partial charge in [-0.15, -0.1) is 0 Å². The molecule has 182 valence electrons. The summed E-state index contributed by atoms with van der Waals surface area (Å²) in [5, 5.41) is 14.5. The van der Waals surface area contributed by atoms with Gasteiger partial charge in [-0.05, 0) is 28.2 Å². The van der Waals surface area contributed by atoms with Crippen molar-refractivity contribution in [2.75, 3.05) is 20.3 Å². The molecule has 3 rings (SSSR count). The Morgan fingerprint density at radius 1 is 1.03 bits per heavy atom. The Bertz CT molecular complexity index is 978. The number of carbonyl (C=O) groups is 3. The van der Waals surface area contributed by atoms with Crippen molar-refractivity contribution < 1.29 is 29.0 Å². The zero-order valence-corrected chi connectivity index (χ0v) is 19.7. The SMILES string of the molecule is CC[C@H](C)[C@H](NC(=O)C(CCNC(=O)OCC1c2ccccc2-c2ccccc21)OC)C(=O)O. The lowest BCUT2D eigenvalue weighted by molar-refractivity contribution is -0.145. The molecule has 0 aliphatic heterocycles. The standard InChI is InChI=1S/C26H32N2O6/c1-4-16(2)23(25(30)31)28-24(29)22(33-3)13-14-27-26(32)34-15-21-19-11-7-5-9-17(19)18-10-6-8-12-20(18)21/h5-12,16,21-23H,4,13-15H2,1-3H3,(H,27,32)(H,28,29)(H,30,31)/t16-,22?,23-/m0/s1. The van der Waals surface area contributed by atoms with Gasteiger partial charge in [-0.3, -0.25) is 4.79 Å². The van der Waals surface area contributed by atoms with E-state index in [-0.39, 0.29) is 31.4 Å². The third kappa shape index (κ3) is 5.75. The van der Waals surface area contributed by atoms with E-state index in [1.165, 1.54) is 7.11 Å². The first-order valence-electron chi connectivity index (χ1n) is 11.5. The second-order valence-corrected chi connectivity index (χ2v) is 8.48. The second-order valence-electron chi connectivity index (χ2n) is 8.48. The molecule has 3 atom stereocenters. The number of hydrogen-bond acceptors (Lipinski definition) is 5. The summed E-state index contributed by atoms with van der Waals surface area (Å²) in [4.78, 5) is 36.2. The van der Waals surface area contributed by atoms with Crippen LogP contribution in [0.25, 0.3) is 11.1 Å². The summed E-state index contributed by atoms with van der Waals surface area (Å²) in [5.41, 5.74) is 4.56. The van der Waals surface area contributed by atoms with Gasteiger partial charge in [0.05, 0.1) is 0 Å². The Morgan fingerprint density at radius 3 is 2.15 bits per heavy atom. The van der Waals surface area contributed by atoms with E-state index in [2.05, 4.69) is 22.8 Å². The van der Waals surface area contributed by atoms with Crippen LogP contribution in [0.2, 0.25) is 0 Å². The van der Waals surface area contributed by atoms with Gasteiger partial charge in [-0.1, -0.05) is 68.8 Å². The molecule has 3 N–H and O–H groups in total. The summed E-state index contributed by atoms with van der Waals surface area (Å²) in [7, 11) is 1.37. The van der Waals surface area contributed by atoms with Gasteiger partial charge in [0.2, 0.25) is 5.91 Å². The highest BCUT2D eigenvalue weighted by molar-refractivity contribution is 5.86. The van der Waals surface area contributed by atoms with E-state index in [4.69, 9.17) is 9.47 Å². The molecule has 2 aromatic carbocycles. The number of alkyl carbamates (subject to hydrolysis) is 1. The van der Waals surface area contributed by atoms with Crippen molar-refractivity contribution in [1.29, 1.82) is 0 Å². The van der Waals surface area contributed by atoms with Crippen molar-refractivity contribution in [1.82, 2.24) is 10.6 Å². The largest absolute Gasteiger partial charge is 0.480 e. The normalized spacial score (nSPS) is 14.9. The predicted octanol–water partition coefficient (Wildman–Crippen LogP) is 3.55. The van der Waals surface area contributed by atoms with Crippen molar-refractivity contribution in [3.63, 3.8) is 0 Å². The minimum Gasteiger partial charge on any atom is -0.480 e. The Morgan fingerprint density at radius 2 is 1.62 bits per heavy atom. The number of aliphatic carboxylic acids is 1. The highest BCUT2D eigenvalue weighted by atomic mass is 16.5. The summed E-state index contributed by atoms with van der Waals surface area (Å²) in [6.07, 6.45) is -0.683. The fourth-order valence-corrected chi connectivity index (χ4v) is 4.24. The minimum atomic E-state index is -1.09. The molecule has 1 aliphatic rings. The van der Waals surface area contributed by atoms with Crippen LogP contribution in [0.5, 0.6) is 0 Å². The molecule has 1 aliphatic carbocycles. The lowest BCUT2D eigenvalue weighted by Gasteiger charge is -2.23. The number of carboxylic acid groups (broad SMARTS) is 1. The molecule has 2 aromatic rings. The van der Waals surface area contributed by atoms with Crippen LogP contribution >= 0.6 is 0 Å². The zero-order chi connectivity index (χ0) is 24.7. The van der Waals surface area contributed by atoms with Gasteiger partial charge < -0.3 is 25.2 Å². The highest BCUT2D eigenvalue weighted by Crippen LogP contribution is 2.44. The van der Waals surface area contributed by atoms with E-state index in [1.807, 2.05) is 43.3 Å². The van der Waals surface area contributed by atoms with Crippen LogP contribution in [-0.4, -0.2) is 55.5 Å². The Kier molecular flexibility index (Phi) is 8.65. The molecule has 0 aromatic heterocycles. The van der Waals surface area contributed by atoms with Crippen LogP contribution in [0.15, 0.2) is 48.5 Å². The molecule has 0 radical (unpaired) electrons. The number of carboxylic acids is 1. The summed E-state index contributed by atoms with van der Waals surface area (Å²) in [6, 6.07) is 15.2. The molecule has 0 bridgehead atoms. The summed E-state index contributed by atoms with van der Waals surface area (Å²) >= 11 is 0. The maximum Gasteiger partial charge on any atom is 0.407 e. The molecule has 0 fully saturated rings. The van der Waals surface area contributed by atoms with E-state index in [0.29, 0.717) is 6.42 Å². The Labute approximate surface area is 199 Å². The number of fused-ring (bicyclic) bond motifs is 3. The maximum atomic E-state index is 12.5. The Hall–Kier alpha value is -3.39. The number of carbonyl (C=O) groups excluding carboxylic acids is 2. The van der Waals surface area contributed by atoms with Crippen molar-refractivity contribution >= 4 is 18.0 Å². The predicted molar refractivity (Wildman–Crippen MR) is 128 cm³/mol. The van der Waals surface area contributed by atoms with Crippen LogP contribution < -0.4 is 10.6 Å². The monoisotopic (exact) mass is 468 g/mol. The van der Waals surface area contributed by atoms with Gasteiger partial charge in [0.25, 0.3) is 0 Å². The molecular weight excluding hydrogens is 436 g/mol. The number of ether oxygens (including phenoxy) is 2. The molecule has 0 saturated heterocycles. The molecule has 34 heavy (non-hydrogen) atoms. The van der Waals surface area contributed by atoms with Gasteiger partial charge >= 0.3 is 12.1 Å². The van der Waals surface area contributed by atoms with Gasteiger partial charge in [0.15, 0.2) is 0 Å². The second kappa shape index (κ2) is 11.7. The zero-order valence-electron chi connectivity index (χ0n) is 19.7. The number of rotatable bonds is 11. The van der Waals surface area contributed by atoms with E-state index in [0.717, 1.165) is 22.3 Å². The minimum absolute atomic E-state index is 0.0378. The quantitative estimate of drug-likeness (QED) is 0.465. The third-order valence-electron chi connectivity index (χ3n) is 6.37. The molecule has 0 spiro atoms. The van der Waals surface area contributed by atoms with Crippen molar-refractivity contribution in [3.05, 3.63) is 59.7 Å². The third-order valence-corrected chi connectivity index (χ3v) is 6.37. The van der Waals surface area contributed by atoms with Crippen molar-refractivity contribution in [2.24, 2.45) is 5.92 Å². The van der Waals surface area contributed by atoms with Crippen molar-refractivity contribution in [2.45, 2.75) is 44.8 Å². The molecule has 1 unspecified atom stereocenters. The lowest BCUT2D eigenvalue weighted by Crippen LogP contribution is -2.49.